The Balaban J connectivity index is 1.69. The number of amides is 2. The molecule has 27 heavy (non-hydrogen) atoms. The first-order valence-corrected chi connectivity index (χ1v) is 8.82. The number of rotatable bonds is 4. The van der Waals surface area contributed by atoms with E-state index >= 15 is 0 Å². The minimum Gasteiger partial charge on any atom is -0.486 e. The van der Waals surface area contributed by atoms with Crippen LogP contribution in [0.15, 0.2) is 42.9 Å². The summed E-state index contributed by atoms with van der Waals surface area (Å²) in [5.41, 5.74) is 0.916. The van der Waals surface area contributed by atoms with Crippen LogP contribution in [-0.2, 0) is 9.53 Å². The highest BCUT2D eigenvalue weighted by Crippen LogP contribution is 2.36. The van der Waals surface area contributed by atoms with Crippen molar-refractivity contribution in [3.63, 3.8) is 0 Å². The Kier molecular flexibility index (Phi) is 4.72. The molecule has 2 aliphatic heterocycles. The highest BCUT2D eigenvalue weighted by molar-refractivity contribution is 6.03. The fraction of sp³-hybridized carbons (Fsp3) is 0.368. The molecular formula is C19H20N4O4. The second-order valence-electron chi connectivity index (χ2n) is 6.49. The molecule has 0 aliphatic carbocycles. The molecule has 8 heteroatoms. The quantitative estimate of drug-likeness (QED) is 0.804. The van der Waals surface area contributed by atoms with Gasteiger partial charge >= 0.3 is 0 Å². The number of para-hydroxylation sites is 2. The van der Waals surface area contributed by atoms with Crippen molar-refractivity contribution >= 4 is 17.5 Å². The van der Waals surface area contributed by atoms with Gasteiger partial charge in [0.25, 0.3) is 5.91 Å². The van der Waals surface area contributed by atoms with E-state index in [9.17, 15) is 9.59 Å². The second-order valence-corrected chi connectivity index (χ2v) is 6.49. The summed E-state index contributed by atoms with van der Waals surface area (Å²) < 4.78 is 11.3. The third-order valence-electron chi connectivity index (χ3n) is 4.83. The first kappa shape index (κ1) is 17.4. The Bertz CT molecular complexity index is 845. The highest BCUT2D eigenvalue weighted by atomic mass is 16.5. The van der Waals surface area contributed by atoms with Gasteiger partial charge < -0.3 is 19.3 Å². The number of hydrogen-bond donors (Lipinski definition) is 0. The van der Waals surface area contributed by atoms with Crippen LogP contribution in [0.5, 0.6) is 5.75 Å². The number of benzene rings is 1. The maximum atomic E-state index is 13.4. The summed E-state index contributed by atoms with van der Waals surface area (Å²) in [6.07, 6.45) is 4.59. The average molecular weight is 368 g/mol. The fourth-order valence-corrected chi connectivity index (χ4v) is 3.57. The molecule has 8 nitrogen and oxygen atoms in total. The SMILES string of the molecule is COCCN1C(=O)[C@@H]2C[C@@H](CN2C(=O)c2cnccn2)Oc2ccccc21. The zero-order valence-electron chi connectivity index (χ0n) is 14.9. The first-order valence-electron chi connectivity index (χ1n) is 8.82. The van der Waals surface area contributed by atoms with Gasteiger partial charge in [0.15, 0.2) is 0 Å². The molecule has 4 rings (SSSR count). The zero-order valence-corrected chi connectivity index (χ0v) is 14.9. The largest absolute Gasteiger partial charge is 0.486 e. The van der Waals surface area contributed by atoms with E-state index in [0.29, 0.717) is 37.6 Å². The minimum atomic E-state index is -0.602. The summed E-state index contributed by atoms with van der Waals surface area (Å²) in [7, 11) is 1.59. The van der Waals surface area contributed by atoms with Gasteiger partial charge in [-0.15, -0.1) is 0 Å². The molecule has 1 aromatic carbocycles. The molecular weight excluding hydrogens is 348 g/mol. The number of carbonyl (C=O) groups excluding carboxylic acids is 2. The molecule has 1 aromatic heterocycles. The van der Waals surface area contributed by atoms with E-state index in [0.717, 1.165) is 0 Å². The summed E-state index contributed by atoms with van der Waals surface area (Å²) in [6.45, 7) is 1.09. The van der Waals surface area contributed by atoms with Gasteiger partial charge in [0.2, 0.25) is 5.91 Å². The minimum absolute atomic E-state index is 0.137. The van der Waals surface area contributed by atoms with E-state index in [1.807, 2.05) is 24.3 Å². The van der Waals surface area contributed by atoms with Crippen LogP contribution < -0.4 is 9.64 Å². The Morgan fingerprint density at radius 3 is 2.96 bits per heavy atom. The third-order valence-corrected chi connectivity index (χ3v) is 4.83. The van der Waals surface area contributed by atoms with Crippen molar-refractivity contribution in [1.29, 1.82) is 0 Å². The number of ether oxygens (including phenoxy) is 2. The Hall–Kier alpha value is -3.00. The second kappa shape index (κ2) is 7.32. The number of anilines is 1. The first-order chi connectivity index (χ1) is 13.2. The molecule has 2 aliphatic rings. The molecule has 3 heterocycles. The van der Waals surface area contributed by atoms with Crippen LogP contribution >= 0.6 is 0 Å². The number of methoxy groups -OCH3 is 1. The molecule has 2 atom stereocenters. The Labute approximate surface area is 156 Å². The summed E-state index contributed by atoms with van der Waals surface area (Å²) in [5, 5.41) is 0. The predicted octanol–water partition coefficient (Wildman–Crippen LogP) is 1.13. The monoisotopic (exact) mass is 368 g/mol. The lowest BCUT2D eigenvalue weighted by molar-refractivity contribution is -0.122. The molecule has 2 amide bonds. The lowest BCUT2D eigenvalue weighted by Crippen LogP contribution is -2.49. The lowest BCUT2D eigenvalue weighted by Gasteiger charge is -2.31. The summed E-state index contributed by atoms with van der Waals surface area (Å²) in [4.78, 5) is 37.5. The summed E-state index contributed by atoms with van der Waals surface area (Å²) >= 11 is 0. The molecule has 0 saturated carbocycles. The number of fused-ring (bicyclic) bond motifs is 3. The smallest absolute Gasteiger partial charge is 0.274 e. The van der Waals surface area contributed by atoms with Crippen LogP contribution in [0.4, 0.5) is 5.69 Å². The van der Waals surface area contributed by atoms with Crippen molar-refractivity contribution in [2.24, 2.45) is 0 Å². The molecule has 140 valence electrons. The van der Waals surface area contributed by atoms with Crippen LogP contribution in [0.25, 0.3) is 0 Å². The van der Waals surface area contributed by atoms with Gasteiger partial charge in [-0.25, -0.2) is 4.98 Å². The molecule has 1 saturated heterocycles. The van der Waals surface area contributed by atoms with Crippen molar-refractivity contribution < 1.29 is 19.1 Å². The number of hydrogen-bond acceptors (Lipinski definition) is 6. The zero-order chi connectivity index (χ0) is 18.8. The van der Waals surface area contributed by atoms with E-state index in [2.05, 4.69) is 9.97 Å². The molecule has 2 bridgehead atoms. The van der Waals surface area contributed by atoms with Gasteiger partial charge in [-0.3, -0.25) is 14.6 Å². The molecule has 1 fully saturated rings. The number of nitrogens with zero attached hydrogens (tertiary/aromatic N) is 4. The third kappa shape index (κ3) is 3.23. The van der Waals surface area contributed by atoms with E-state index in [1.165, 1.54) is 18.6 Å². The van der Waals surface area contributed by atoms with Gasteiger partial charge in [0.05, 0.1) is 25.0 Å². The molecule has 0 spiro atoms. The molecule has 0 N–H and O–H groups in total. The van der Waals surface area contributed by atoms with Crippen LogP contribution in [-0.4, -0.2) is 65.6 Å². The Morgan fingerprint density at radius 1 is 1.33 bits per heavy atom. The Morgan fingerprint density at radius 2 is 2.19 bits per heavy atom. The van der Waals surface area contributed by atoms with Crippen LogP contribution in [0, 0.1) is 0 Å². The van der Waals surface area contributed by atoms with E-state index < -0.39 is 6.04 Å². The van der Waals surface area contributed by atoms with Crippen LogP contribution in [0.1, 0.15) is 16.9 Å². The van der Waals surface area contributed by atoms with E-state index in [1.54, 1.807) is 16.9 Å². The normalized spacial score (nSPS) is 21.3. The average Bonchev–Trinajstić information content (AvgIpc) is 3.13. The van der Waals surface area contributed by atoms with Gasteiger partial charge in [0.1, 0.15) is 23.6 Å². The van der Waals surface area contributed by atoms with Gasteiger partial charge in [-0.2, -0.15) is 0 Å². The van der Waals surface area contributed by atoms with E-state index in [-0.39, 0.29) is 23.6 Å². The molecule has 2 aromatic rings. The van der Waals surface area contributed by atoms with Gasteiger partial charge in [0, 0.05) is 32.5 Å². The van der Waals surface area contributed by atoms with E-state index in [4.69, 9.17) is 9.47 Å². The lowest BCUT2D eigenvalue weighted by atomic mass is 10.1. The molecule has 0 unspecified atom stereocenters. The van der Waals surface area contributed by atoms with Gasteiger partial charge in [-0.1, -0.05) is 12.1 Å². The summed E-state index contributed by atoms with van der Waals surface area (Å²) in [5.74, 6) is 0.187. The van der Waals surface area contributed by atoms with Gasteiger partial charge in [-0.05, 0) is 12.1 Å². The molecule has 0 radical (unpaired) electrons. The van der Waals surface area contributed by atoms with Crippen LogP contribution in [0.3, 0.4) is 0 Å². The van der Waals surface area contributed by atoms with Crippen molar-refractivity contribution in [1.82, 2.24) is 14.9 Å². The number of likely N-dealkylation sites (tertiary alicyclic amines) is 1. The topological polar surface area (TPSA) is 84.9 Å². The van der Waals surface area contributed by atoms with Crippen LogP contribution in [0.2, 0.25) is 0 Å². The number of carbonyl (C=O) groups is 2. The highest BCUT2D eigenvalue weighted by Gasteiger charge is 2.45. The standard InChI is InChI=1S/C19H20N4O4/c1-26-9-8-22-15-4-2-3-5-17(15)27-13-10-16(19(22)25)23(12-13)18(24)14-11-20-6-7-21-14/h2-7,11,13,16H,8-10,12H2,1H3/t13-,16-/m0/s1. The fourth-order valence-electron chi connectivity index (χ4n) is 3.57. The number of aromatic nitrogens is 2. The summed E-state index contributed by atoms with van der Waals surface area (Å²) in [6, 6.07) is 6.82. The van der Waals surface area contributed by atoms with Crippen molar-refractivity contribution in [2.45, 2.75) is 18.6 Å². The maximum absolute atomic E-state index is 13.4. The van der Waals surface area contributed by atoms with Crippen molar-refractivity contribution in [3.8, 4) is 5.75 Å². The van der Waals surface area contributed by atoms with Crippen molar-refractivity contribution in [2.75, 3.05) is 31.7 Å². The van der Waals surface area contributed by atoms with Crippen molar-refractivity contribution in [3.05, 3.63) is 48.5 Å². The predicted molar refractivity (Wildman–Crippen MR) is 96.6 cm³/mol. The maximum Gasteiger partial charge on any atom is 0.274 e.